The van der Waals surface area contributed by atoms with Gasteiger partial charge in [-0.25, -0.2) is 0 Å². The minimum atomic E-state index is 0.720. The lowest BCUT2D eigenvalue weighted by Gasteiger charge is -2.21. The van der Waals surface area contributed by atoms with Gasteiger partial charge in [-0.3, -0.25) is 4.90 Å². The third kappa shape index (κ3) is 2.38. The molecule has 0 radical (unpaired) electrons. The predicted octanol–water partition coefficient (Wildman–Crippen LogP) is 2.32. The van der Waals surface area contributed by atoms with Gasteiger partial charge >= 0.3 is 0 Å². The molecular weight excluding hydrogens is 208 g/mol. The van der Waals surface area contributed by atoms with Gasteiger partial charge < -0.3 is 5.32 Å². The Morgan fingerprint density at radius 1 is 1.29 bits per heavy atom. The Morgan fingerprint density at radius 3 is 3.12 bits per heavy atom. The SMILES string of the molecule is Cc1cccc(CNC2CCN3CCCC23)c1. The molecule has 2 atom stereocenters. The van der Waals surface area contributed by atoms with Gasteiger partial charge in [-0.15, -0.1) is 0 Å². The molecule has 17 heavy (non-hydrogen) atoms. The molecule has 3 rings (SSSR count). The lowest BCUT2D eigenvalue weighted by Crippen LogP contribution is -2.38. The molecule has 2 unspecified atom stereocenters. The van der Waals surface area contributed by atoms with Gasteiger partial charge in [0, 0.05) is 25.2 Å². The van der Waals surface area contributed by atoms with E-state index in [-0.39, 0.29) is 0 Å². The summed E-state index contributed by atoms with van der Waals surface area (Å²) < 4.78 is 0. The van der Waals surface area contributed by atoms with Gasteiger partial charge in [0.25, 0.3) is 0 Å². The number of nitrogens with one attached hydrogen (secondary N) is 1. The minimum Gasteiger partial charge on any atom is -0.308 e. The van der Waals surface area contributed by atoms with E-state index in [0.717, 1.165) is 18.6 Å². The second-order valence-electron chi connectivity index (χ2n) is 5.51. The summed E-state index contributed by atoms with van der Waals surface area (Å²) >= 11 is 0. The summed E-state index contributed by atoms with van der Waals surface area (Å²) in [7, 11) is 0. The van der Waals surface area contributed by atoms with E-state index in [9.17, 15) is 0 Å². The zero-order valence-electron chi connectivity index (χ0n) is 10.7. The van der Waals surface area contributed by atoms with Crippen molar-refractivity contribution < 1.29 is 0 Å². The lowest BCUT2D eigenvalue weighted by molar-refractivity contribution is 0.298. The molecule has 2 fully saturated rings. The van der Waals surface area contributed by atoms with Crippen LogP contribution in [0.25, 0.3) is 0 Å². The van der Waals surface area contributed by atoms with Crippen molar-refractivity contribution in [1.29, 1.82) is 0 Å². The first-order chi connectivity index (χ1) is 8.33. The zero-order chi connectivity index (χ0) is 11.7. The van der Waals surface area contributed by atoms with E-state index in [4.69, 9.17) is 0 Å². The van der Waals surface area contributed by atoms with Crippen molar-refractivity contribution in [2.45, 2.75) is 44.8 Å². The van der Waals surface area contributed by atoms with Crippen molar-refractivity contribution in [1.82, 2.24) is 10.2 Å². The fourth-order valence-electron chi connectivity index (χ4n) is 3.39. The Kier molecular flexibility index (Phi) is 3.17. The van der Waals surface area contributed by atoms with Crippen LogP contribution < -0.4 is 5.32 Å². The Bertz CT molecular complexity index is 388. The Labute approximate surface area is 104 Å². The van der Waals surface area contributed by atoms with E-state index in [0.29, 0.717) is 0 Å². The highest BCUT2D eigenvalue weighted by atomic mass is 15.2. The van der Waals surface area contributed by atoms with Crippen molar-refractivity contribution >= 4 is 0 Å². The smallest absolute Gasteiger partial charge is 0.0250 e. The molecule has 2 heteroatoms. The van der Waals surface area contributed by atoms with Crippen LogP contribution in [0.4, 0.5) is 0 Å². The molecule has 0 saturated carbocycles. The van der Waals surface area contributed by atoms with Crippen LogP contribution in [0.3, 0.4) is 0 Å². The van der Waals surface area contributed by atoms with Crippen LogP contribution in [-0.4, -0.2) is 30.1 Å². The number of aryl methyl sites for hydroxylation is 1. The van der Waals surface area contributed by atoms with Crippen LogP contribution in [-0.2, 0) is 6.54 Å². The second kappa shape index (κ2) is 4.79. The third-order valence-corrected chi connectivity index (χ3v) is 4.26. The first-order valence-corrected chi connectivity index (χ1v) is 6.86. The first kappa shape index (κ1) is 11.2. The van der Waals surface area contributed by atoms with Gasteiger partial charge in [0.15, 0.2) is 0 Å². The molecule has 2 nitrogen and oxygen atoms in total. The van der Waals surface area contributed by atoms with Crippen molar-refractivity contribution in [2.24, 2.45) is 0 Å². The maximum absolute atomic E-state index is 3.75. The van der Waals surface area contributed by atoms with Crippen molar-refractivity contribution in [3.63, 3.8) is 0 Å². The topological polar surface area (TPSA) is 15.3 Å². The standard InChI is InChI=1S/C15H22N2/c1-12-4-2-5-13(10-12)11-16-14-7-9-17-8-3-6-15(14)17/h2,4-5,10,14-16H,3,6-9,11H2,1H3. The molecule has 2 aliphatic rings. The largest absolute Gasteiger partial charge is 0.308 e. The van der Waals surface area contributed by atoms with Gasteiger partial charge in [-0.05, 0) is 38.3 Å². The molecule has 0 aliphatic carbocycles. The number of rotatable bonds is 3. The molecule has 92 valence electrons. The Hall–Kier alpha value is -0.860. The van der Waals surface area contributed by atoms with E-state index in [1.54, 1.807) is 0 Å². The summed E-state index contributed by atoms with van der Waals surface area (Å²) in [6, 6.07) is 10.4. The van der Waals surface area contributed by atoms with E-state index in [1.165, 1.54) is 43.5 Å². The minimum absolute atomic E-state index is 0.720. The van der Waals surface area contributed by atoms with Crippen LogP contribution >= 0.6 is 0 Å². The van der Waals surface area contributed by atoms with Crippen LogP contribution in [0.15, 0.2) is 24.3 Å². The van der Waals surface area contributed by atoms with Crippen LogP contribution in [0.1, 0.15) is 30.4 Å². The van der Waals surface area contributed by atoms with Gasteiger partial charge in [0.2, 0.25) is 0 Å². The highest BCUT2D eigenvalue weighted by Gasteiger charge is 2.36. The summed E-state index contributed by atoms with van der Waals surface area (Å²) in [5.74, 6) is 0. The second-order valence-corrected chi connectivity index (χ2v) is 5.51. The molecule has 1 aromatic rings. The van der Waals surface area contributed by atoms with Crippen molar-refractivity contribution in [3.8, 4) is 0 Å². The van der Waals surface area contributed by atoms with E-state index < -0.39 is 0 Å². The first-order valence-electron chi connectivity index (χ1n) is 6.86. The van der Waals surface area contributed by atoms with Gasteiger partial charge in [-0.1, -0.05) is 29.8 Å². The van der Waals surface area contributed by atoms with Crippen LogP contribution in [0.5, 0.6) is 0 Å². The highest BCUT2D eigenvalue weighted by molar-refractivity contribution is 5.22. The summed E-state index contributed by atoms with van der Waals surface area (Å²) in [6.45, 7) is 5.82. The summed E-state index contributed by atoms with van der Waals surface area (Å²) in [5.41, 5.74) is 2.78. The quantitative estimate of drug-likeness (QED) is 0.857. The summed E-state index contributed by atoms with van der Waals surface area (Å²) in [4.78, 5) is 2.66. The van der Waals surface area contributed by atoms with Gasteiger partial charge in [0.1, 0.15) is 0 Å². The highest BCUT2D eigenvalue weighted by Crippen LogP contribution is 2.28. The number of hydrogen-bond donors (Lipinski definition) is 1. The molecule has 0 bridgehead atoms. The summed E-state index contributed by atoms with van der Waals surface area (Å²) in [6.07, 6.45) is 4.12. The van der Waals surface area contributed by atoms with Crippen LogP contribution in [0.2, 0.25) is 0 Å². The molecule has 0 aromatic heterocycles. The van der Waals surface area contributed by atoms with Gasteiger partial charge in [-0.2, -0.15) is 0 Å². The fourth-order valence-corrected chi connectivity index (χ4v) is 3.39. The molecule has 2 heterocycles. The zero-order valence-corrected chi connectivity index (χ0v) is 10.7. The van der Waals surface area contributed by atoms with E-state index >= 15 is 0 Å². The number of benzene rings is 1. The molecule has 2 saturated heterocycles. The number of fused-ring (bicyclic) bond motifs is 1. The van der Waals surface area contributed by atoms with Crippen molar-refractivity contribution in [3.05, 3.63) is 35.4 Å². The molecule has 1 aromatic carbocycles. The lowest BCUT2D eigenvalue weighted by atomic mass is 10.1. The average Bonchev–Trinajstić information content (AvgIpc) is 2.89. The maximum atomic E-state index is 3.75. The van der Waals surface area contributed by atoms with E-state index in [1.807, 2.05) is 0 Å². The summed E-state index contributed by atoms with van der Waals surface area (Å²) in [5, 5.41) is 3.75. The molecule has 0 amide bonds. The average molecular weight is 230 g/mol. The molecule has 1 N–H and O–H groups in total. The third-order valence-electron chi connectivity index (χ3n) is 4.26. The van der Waals surface area contributed by atoms with Crippen molar-refractivity contribution in [2.75, 3.05) is 13.1 Å². The monoisotopic (exact) mass is 230 g/mol. The van der Waals surface area contributed by atoms with Gasteiger partial charge in [0.05, 0.1) is 0 Å². The normalized spacial score (nSPS) is 28.5. The number of nitrogens with zero attached hydrogens (tertiary/aromatic N) is 1. The van der Waals surface area contributed by atoms with Crippen LogP contribution in [0, 0.1) is 6.92 Å². The van der Waals surface area contributed by atoms with E-state index in [2.05, 4.69) is 41.4 Å². The molecule has 2 aliphatic heterocycles. The predicted molar refractivity (Wildman–Crippen MR) is 71.0 cm³/mol. The molecular formula is C15H22N2. The number of hydrogen-bond acceptors (Lipinski definition) is 2. The maximum Gasteiger partial charge on any atom is 0.0250 e. The fraction of sp³-hybridized carbons (Fsp3) is 0.600. The Balaban J connectivity index is 1.57. The molecule has 0 spiro atoms. The Morgan fingerprint density at radius 2 is 2.24 bits per heavy atom.